The number of rotatable bonds is 2. The van der Waals surface area contributed by atoms with Crippen molar-refractivity contribution >= 4 is 16.2 Å². The van der Waals surface area contributed by atoms with Crippen LogP contribution in [0.4, 0.5) is 0 Å². The largest absolute Gasteiger partial charge is 0.300 e. The molecule has 1 atom stereocenters. The molecule has 6 heteroatoms. The molecular weight excluding hydrogens is 132 g/mol. The van der Waals surface area contributed by atoms with Gasteiger partial charge < -0.3 is 0 Å². The summed E-state index contributed by atoms with van der Waals surface area (Å²) in [6.07, 6.45) is 0. The van der Waals surface area contributed by atoms with Crippen LogP contribution in [0.5, 0.6) is 0 Å². The van der Waals surface area contributed by atoms with E-state index in [1.165, 1.54) is 0 Å². The van der Waals surface area contributed by atoms with Crippen molar-refractivity contribution in [3.05, 3.63) is 0 Å². The van der Waals surface area contributed by atoms with Crippen molar-refractivity contribution in [1.82, 2.24) is 5.43 Å². The molecule has 0 spiro atoms. The van der Waals surface area contributed by atoms with Gasteiger partial charge in [0.15, 0.2) is 0 Å². The monoisotopic (exact) mass is 138 g/mol. The lowest BCUT2D eigenvalue weighted by Crippen LogP contribution is -2.30. The van der Waals surface area contributed by atoms with Crippen LogP contribution in [0.3, 0.4) is 0 Å². The van der Waals surface area contributed by atoms with Gasteiger partial charge in [0, 0.05) is 0 Å². The fourth-order valence-corrected chi connectivity index (χ4v) is 0.352. The molecule has 0 aliphatic carbocycles. The minimum absolute atomic E-state index is 0.275. The average molecular weight is 138 g/mol. The van der Waals surface area contributed by atoms with E-state index in [9.17, 15) is 9.00 Å². The van der Waals surface area contributed by atoms with Gasteiger partial charge in [-0.25, -0.2) is 4.21 Å². The lowest BCUT2D eigenvalue weighted by Gasteiger charge is -1.89. The van der Waals surface area contributed by atoms with Crippen molar-refractivity contribution in [3.8, 4) is 0 Å². The van der Waals surface area contributed by atoms with Gasteiger partial charge in [-0.1, -0.05) is 0 Å². The van der Waals surface area contributed by atoms with E-state index in [0.29, 0.717) is 0 Å². The van der Waals surface area contributed by atoms with E-state index in [0.717, 1.165) is 0 Å². The molecule has 0 amide bonds. The van der Waals surface area contributed by atoms with E-state index < -0.39 is 16.2 Å². The minimum Gasteiger partial charge on any atom is -0.300 e. The predicted molar refractivity (Wildman–Crippen MR) is 28.0 cm³/mol. The summed E-state index contributed by atoms with van der Waals surface area (Å²) in [7, 11) is 0. The molecule has 0 heterocycles. The molecule has 5 nitrogen and oxygen atoms in total. The summed E-state index contributed by atoms with van der Waals surface area (Å²) in [5, 5.41) is -0.826. The van der Waals surface area contributed by atoms with E-state index in [1.807, 2.05) is 5.43 Å². The maximum Gasteiger partial charge on any atom is 0.261 e. The lowest BCUT2D eigenvalue weighted by molar-refractivity contribution is -0.111. The molecule has 0 aromatic heterocycles. The Morgan fingerprint density at radius 2 is 2.38 bits per heavy atom. The zero-order valence-electron chi connectivity index (χ0n) is 3.96. The fraction of sp³-hybridized carbons (Fsp3) is 0.500. The van der Waals surface area contributed by atoms with Crippen LogP contribution >= 0.6 is 0 Å². The fourth-order valence-electron chi connectivity index (χ4n) is 0.145. The molecule has 0 saturated carbocycles. The van der Waals surface area contributed by atoms with Crippen LogP contribution in [0, 0.1) is 0 Å². The lowest BCUT2D eigenvalue weighted by atomic mass is 10.8. The van der Waals surface area contributed by atoms with E-state index in [-0.39, 0.29) is 6.54 Å². The molecular formula is C2H6N2O3S. The normalized spacial score (nSPS) is 13.2. The Balaban J connectivity index is 3.49. The summed E-state index contributed by atoms with van der Waals surface area (Å²) < 4.78 is 17.7. The predicted octanol–water partition coefficient (Wildman–Crippen LogP) is -1.80. The highest BCUT2D eigenvalue weighted by Crippen LogP contribution is 1.72. The Morgan fingerprint density at radius 3 is 2.50 bits per heavy atom. The van der Waals surface area contributed by atoms with Crippen LogP contribution in [-0.4, -0.2) is 20.4 Å². The molecule has 0 bridgehead atoms. The zero-order chi connectivity index (χ0) is 6.57. The maximum atomic E-state index is 10.1. The average Bonchev–Trinajstić information content (AvgIpc) is 1.67. The van der Waals surface area contributed by atoms with E-state index in [4.69, 9.17) is 4.55 Å². The number of carbonyl (C=O) groups excluding carboxylic acids is 1. The van der Waals surface area contributed by atoms with Crippen molar-refractivity contribution in [2.75, 3.05) is 6.54 Å². The van der Waals surface area contributed by atoms with Gasteiger partial charge in [-0.2, -0.15) is 0 Å². The van der Waals surface area contributed by atoms with Crippen LogP contribution in [0.25, 0.3) is 0 Å². The SMILES string of the molecule is NNCC(=O)S(=O)O. The third kappa shape index (κ3) is 2.80. The summed E-state index contributed by atoms with van der Waals surface area (Å²) in [5.74, 6) is 4.65. The maximum absolute atomic E-state index is 10.1. The molecule has 8 heavy (non-hydrogen) atoms. The number of nitrogens with one attached hydrogen (secondary N) is 1. The third-order valence-electron chi connectivity index (χ3n) is 0.441. The Hall–Kier alpha value is -0.300. The first-order chi connectivity index (χ1) is 3.68. The molecule has 48 valence electrons. The second kappa shape index (κ2) is 3.67. The third-order valence-corrected chi connectivity index (χ3v) is 0.975. The summed E-state index contributed by atoms with van der Waals surface area (Å²) >= 11 is -2.39. The molecule has 0 aromatic carbocycles. The van der Waals surface area contributed by atoms with Crippen molar-refractivity contribution in [1.29, 1.82) is 0 Å². The molecule has 1 unspecified atom stereocenters. The first kappa shape index (κ1) is 7.70. The van der Waals surface area contributed by atoms with Gasteiger partial charge in [0.25, 0.3) is 5.12 Å². The summed E-state index contributed by atoms with van der Waals surface area (Å²) in [4.78, 5) is 10.1. The van der Waals surface area contributed by atoms with Crippen LogP contribution in [0.15, 0.2) is 0 Å². The Bertz CT molecular complexity index is 114. The molecule has 0 saturated heterocycles. The molecule has 0 aromatic rings. The van der Waals surface area contributed by atoms with Crippen molar-refractivity contribution < 1.29 is 13.6 Å². The highest BCUT2D eigenvalue weighted by molar-refractivity contribution is 7.95. The summed E-state index contributed by atoms with van der Waals surface area (Å²) in [6, 6.07) is 0. The van der Waals surface area contributed by atoms with Crippen LogP contribution < -0.4 is 11.3 Å². The molecule has 0 aliphatic heterocycles. The number of hydrogen-bond donors (Lipinski definition) is 3. The highest BCUT2D eigenvalue weighted by atomic mass is 32.2. The Labute approximate surface area is 48.5 Å². The number of hydrazine groups is 1. The minimum atomic E-state index is -2.39. The second-order valence-electron chi connectivity index (χ2n) is 1.00. The molecule has 0 aliphatic rings. The summed E-state index contributed by atoms with van der Waals surface area (Å²) in [5.41, 5.74) is 1.95. The van der Waals surface area contributed by atoms with Gasteiger partial charge in [-0.15, -0.1) is 0 Å². The smallest absolute Gasteiger partial charge is 0.261 e. The van der Waals surface area contributed by atoms with Gasteiger partial charge >= 0.3 is 0 Å². The van der Waals surface area contributed by atoms with E-state index in [2.05, 4.69) is 5.84 Å². The zero-order valence-corrected chi connectivity index (χ0v) is 4.77. The first-order valence-corrected chi connectivity index (χ1v) is 2.86. The topological polar surface area (TPSA) is 92.4 Å². The summed E-state index contributed by atoms with van der Waals surface area (Å²) in [6.45, 7) is -0.275. The highest BCUT2D eigenvalue weighted by Gasteiger charge is 2.04. The number of carbonyl (C=O) groups is 1. The van der Waals surface area contributed by atoms with Gasteiger partial charge in [-0.05, 0) is 0 Å². The van der Waals surface area contributed by atoms with E-state index in [1.54, 1.807) is 0 Å². The first-order valence-electron chi connectivity index (χ1n) is 1.75. The Morgan fingerprint density at radius 1 is 1.88 bits per heavy atom. The standard InChI is InChI=1S/C2H6N2O3S/c3-4-1-2(5)8(6)7/h4H,1,3H2,(H,6,7). The van der Waals surface area contributed by atoms with Crippen molar-refractivity contribution in [2.45, 2.75) is 0 Å². The van der Waals surface area contributed by atoms with Crippen molar-refractivity contribution in [3.63, 3.8) is 0 Å². The van der Waals surface area contributed by atoms with Crippen molar-refractivity contribution in [2.24, 2.45) is 5.84 Å². The van der Waals surface area contributed by atoms with Gasteiger partial charge in [-0.3, -0.25) is 20.6 Å². The molecule has 0 rings (SSSR count). The number of hydrogen-bond acceptors (Lipinski definition) is 4. The molecule has 0 fully saturated rings. The van der Waals surface area contributed by atoms with Crippen LogP contribution in [-0.2, 0) is 15.9 Å². The van der Waals surface area contributed by atoms with Gasteiger partial charge in [0.2, 0.25) is 11.1 Å². The number of nitrogens with two attached hydrogens (primary N) is 1. The molecule has 0 radical (unpaired) electrons. The molecule has 4 N–H and O–H groups in total. The van der Waals surface area contributed by atoms with Gasteiger partial charge in [0.05, 0.1) is 6.54 Å². The second-order valence-corrected chi connectivity index (χ2v) is 1.96. The quantitative estimate of drug-likeness (QED) is 0.238. The van der Waals surface area contributed by atoms with E-state index >= 15 is 0 Å². The van der Waals surface area contributed by atoms with Gasteiger partial charge in [0.1, 0.15) is 0 Å². The van der Waals surface area contributed by atoms with Crippen LogP contribution in [0.1, 0.15) is 0 Å². The Kier molecular flexibility index (Phi) is 3.53. The van der Waals surface area contributed by atoms with Crippen LogP contribution in [0.2, 0.25) is 0 Å².